The Morgan fingerprint density at radius 2 is 1.67 bits per heavy atom. The van der Waals surface area contributed by atoms with Crippen molar-refractivity contribution in [2.45, 2.75) is 11.9 Å². The lowest BCUT2D eigenvalue weighted by Gasteiger charge is -2.05. The van der Waals surface area contributed by atoms with Crippen LogP contribution in [0, 0.1) is 5.82 Å². The van der Waals surface area contributed by atoms with Crippen LogP contribution in [-0.4, -0.2) is 28.8 Å². The van der Waals surface area contributed by atoms with Gasteiger partial charge >= 0.3 is 0 Å². The Balaban J connectivity index is 2.10. The molecule has 3 aromatic heterocycles. The van der Waals surface area contributed by atoms with Gasteiger partial charge < -0.3 is 0 Å². The van der Waals surface area contributed by atoms with Crippen LogP contribution in [0.25, 0.3) is 27.9 Å². The number of hydrogen-bond acceptors (Lipinski definition) is 4. The summed E-state index contributed by atoms with van der Waals surface area (Å²) >= 11 is 0. The highest BCUT2D eigenvalue weighted by atomic mass is 32.2. The van der Waals surface area contributed by atoms with Crippen molar-refractivity contribution in [2.75, 3.05) is 5.75 Å². The van der Waals surface area contributed by atoms with E-state index in [4.69, 9.17) is 0 Å². The summed E-state index contributed by atoms with van der Waals surface area (Å²) in [6.07, 6.45) is 3.33. The van der Waals surface area contributed by atoms with Crippen molar-refractivity contribution in [3.05, 3.63) is 72.8 Å². The van der Waals surface area contributed by atoms with E-state index in [1.165, 1.54) is 16.6 Å². The third-order valence-electron chi connectivity index (χ3n) is 4.41. The Hall–Kier alpha value is -3.06. The van der Waals surface area contributed by atoms with Gasteiger partial charge in [-0.2, -0.15) is 5.10 Å². The fourth-order valence-corrected chi connectivity index (χ4v) is 4.03. The maximum atomic E-state index is 13.4. The number of benzene rings is 1. The van der Waals surface area contributed by atoms with E-state index < -0.39 is 9.84 Å². The predicted octanol–water partition coefficient (Wildman–Crippen LogP) is 4.00. The Morgan fingerprint density at radius 1 is 0.963 bits per heavy atom. The molecular formula is C20H16FN3O2S. The standard InChI is InChI=1S/C20H16FN3O2S/c1-2-27(25,26)18-5-3-4-17-19(14-10-12-22-13-11-14)20(23-24(17)18)15-6-8-16(21)9-7-15/h3-13H,2H2,1H3. The van der Waals surface area contributed by atoms with Crippen molar-refractivity contribution in [3.8, 4) is 22.4 Å². The molecule has 1 aromatic carbocycles. The van der Waals surface area contributed by atoms with Crippen molar-refractivity contribution in [1.29, 1.82) is 0 Å². The Morgan fingerprint density at radius 3 is 2.33 bits per heavy atom. The molecule has 4 aromatic rings. The van der Waals surface area contributed by atoms with Crippen molar-refractivity contribution >= 4 is 15.4 Å². The summed E-state index contributed by atoms with van der Waals surface area (Å²) in [6.45, 7) is 1.60. The first-order chi connectivity index (χ1) is 13.0. The Labute approximate surface area is 156 Å². The van der Waals surface area contributed by atoms with Gasteiger partial charge in [-0.25, -0.2) is 17.3 Å². The molecule has 136 valence electrons. The maximum absolute atomic E-state index is 13.4. The quantitative estimate of drug-likeness (QED) is 0.536. The van der Waals surface area contributed by atoms with Crippen LogP contribution < -0.4 is 0 Å². The van der Waals surface area contributed by atoms with E-state index in [-0.39, 0.29) is 16.6 Å². The van der Waals surface area contributed by atoms with Crippen molar-refractivity contribution in [1.82, 2.24) is 14.6 Å². The summed E-state index contributed by atoms with van der Waals surface area (Å²) < 4.78 is 39.9. The molecular weight excluding hydrogens is 365 g/mol. The van der Waals surface area contributed by atoms with Crippen molar-refractivity contribution in [3.63, 3.8) is 0 Å². The molecule has 3 heterocycles. The number of pyridine rings is 2. The lowest BCUT2D eigenvalue weighted by atomic mass is 10.0. The average Bonchev–Trinajstić information content (AvgIpc) is 3.08. The molecule has 27 heavy (non-hydrogen) atoms. The molecule has 7 heteroatoms. The molecule has 0 bridgehead atoms. The van der Waals surface area contributed by atoms with Gasteiger partial charge in [-0.05, 0) is 54.1 Å². The lowest BCUT2D eigenvalue weighted by Crippen LogP contribution is -2.09. The fourth-order valence-electron chi connectivity index (χ4n) is 3.04. The Kier molecular flexibility index (Phi) is 4.24. The van der Waals surface area contributed by atoms with Gasteiger partial charge in [-0.3, -0.25) is 4.98 Å². The fraction of sp³-hybridized carbons (Fsp3) is 0.100. The van der Waals surface area contributed by atoms with E-state index in [0.29, 0.717) is 16.8 Å². The van der Waals surface area contributed by atoms with Crippen LogP contribution in [0.4, 0.5) is 4.39 Å². The summed E-state index contributed by atoms with van der Waals surface area (Å²) in [6, 6.07) is 14.7. The number of nitrogens with zero attached hydrogens (tertiary/aromatic N) is 3. The normalized spacial score (nSPS) is 11.8. The third kappa shape index (κ3) is 3.00. The summed E-state index contributed by atoms with van der Waals surface area (Å²) in [4.78, 5) is 4.05. The smallest absolute Gasteiger partial charge is 0.195 e. The first kappa shape index (κ1) is 17.4. The zero-order valence-corrected chi connectivity index (χ0v) is 15.3. The van der Waals surface area contributed by atoms with E-state index in [1.807, 2.05) is 18.2 Å². The second-order valence-electron chi connectivity index (χ2n) is 6.03. The summed E-state index contributed by atoms with van der Waals surface area (Å²) in [5.74, 6) is -0.371. The van der Waals surface area contributed by atoms with Crippen LogP contribution in [0.15, 0.2) is 72.0 Å². The molecule has 0 aliphatic carbocycles. The minimum Gasteiger partial charge on any atom is -0.265 e. The molecule has 0 spiro atoms. The molecule has 0 atom stereocenters. The van der Waals surface area contributed by atoms with Gasteiger partial charge in [-0.1, -0.05) is 13.0 Å². The van der Waals surface area contributed by atoms with Crippen LogP contribution in [0.3, 0.4) is 0 Å². The third-order valence-corrected chi connectivity index (χ3v) is 6.11. The van der Waals surface area contributed by atoms with Crippen LogP contribution >= 0.6 is 0 Å². The lowest BCUT2D eigenvalue weighted by molar-refractivity contribution is 0.589. The molecule has 0 unspecified atom stereocenters. The molecule has 0 amide bonds. The molecule has 0 saturated heterocycles. The number of halogens is 1. The van der Waals surface area contributed by atoms with Crippen molar-refractivity contribution < 1.29 is 12.8 Å². The number of hydrogen-bond donors (Lipinski definition) is 0. The van der Waals surface area contributed by atoms with E-state index in [1.54, 1.807) is 43.6 Å². The molecule has 0 fully saturated rings. The average molecular weight is 381 g/mol. The predicted molar refractivity (Wildman–Crippen MR) is 102 cm³/mol. The monoisotopic (exact) mass is 381 g/mol. The van der Waals surface area contributed by atoms with Crippen LogP contribution in [0.5, 0.6) is 0 Å². The van der Waals surface area contributed by atoms with Gasteiger partial charge in [0.05, 0.1) is 11.3 Å². The van der Waals surface area contributed by atoms with Gasteiger partial charge in [0.1, 0.15) is 11.5 Å². The van der Waals surface area contributed by atoms with Gasteiger partial charge in [-0.15, -0.1) is 0 Å². The van der Waals surface area contributed by atoms with E-state index in [9.17, 15) is 12.8 Å². The zero-order valence-electron chi connectivity index (χ0n) is 14.5. The molecule has 0 aliphatic heterocycles. The second-order valence-corrected chi connectivity index (χ2v) is 8.26. The van der Waals surface area contributed by atoms with Gasteiger partial charge in [0.15, 0.2) is 14.9 Å². The minimum absolute atomic E-state index is 0.0254. The Bertz CT molecular complexity index is 1220. The van der Waals surface area contributed by atoms with Crippen molar-refractivity contribution in [2.24, 2.45) is 0 Å². The van der Waals surface area contributed by atoms with Gasteiger partial charge in [0.2, 0.25) is 0 Å². The molecule has 4 rings (SSSR count). The van der Waals surface area contributed by atoms with E-state index >= 15 is 0 Å². The molecule has 5 nitrogen and oxygen atoms in total. The van der Waals surface area contributed by atoms with Crippen LogP contribution in [0.1, 0.15) is 6.92 Å². The summed E-state index contributed by atoms with van der Waals surface area (Å²) in [5.41, 5.74) is 3.57. The van der Waals surface area contributed by atoms with Gasteiger partial charge in [0, 0.05) is 23.5 Å². The molecule has 0 radical (unpaired) electrons. The summed E-state index contributed by atoms with van der Waals surface area (Å²) in [5, 5.41) is 4.73. The van der Waals surface area contributed by atoms with Crippen LogP contribution in [0.2, 0.25) is 0 Å². The number of sulfone groups is 1. The van der Waals surface area contributed by atoms with E-state index in [2.05, 4.69) is 10.1 Å². The largest absolute Gasteiger partial charge is 0.265 e. The second kappa shape index (κ2) is 6.59. The number of rotatable bonds is 4. The number of aromatic nitrogens is 3. The first-order valence-electron chi connectivity index (χ1n) is 8.42. The highest BCUT2D eigenvalue weighted by molar-refractivity contribution is 7.91. The zero-order chi connectivity index (χ0) is 19.0. The topological polar surface area (TPSA) is 64.3 Å². The summed E-state index contributed by atoms with van der Waals surface area (Å²) in [7, 11) is -3.47. The SMILES string of the molecule is CCS(=O)(=O)c1cccc2c(-c3ccncc3)c(-c3ccc(F)cc3)nn12. The highest BCUT2D eigenvalue weighted by Crippen LogP contribution is 2.36. The first-order valence-corrected chi connectivity index (χ1v) is 10.1. The minimum atomic E-state index is -3.47. The molecule has 0 saturated carbocycles. The molecule has 0 N–H and O–H groups in total. The van der Waals surface area contributed by atoms with Crippen LogP contribution in [-0.2, 0) is 9.84 Å². The van der Waals surface area contributed by atoms with E-state index in [0.717, 1.165) is 11.1 Å². The number of fused-ring (bicyclic) bond motifs is 1. The highest BCUT2D eigenvalue weighted by Gasteiger charge is 2.22. The molecule has 0 aliphatic rings. The van der Waals surface area contributed by atoms with Gasteiger partial charge in [0.25, 0.3) is 0 Å². The maximum Gasteiger partial charge on any atom is 0.195 e.